The van der Waals surface area contributed by atoms with Gasteiger partial charge in [-0.25, -0.2) is 9.97 Å². The van der Waals surface area contributed by atoms with Crippen molar-refractivity contribution in [2.75, 3.05) is 6.61 Å². The predicted octanol–water partition coefficient (Wildman–Crippen LogP) is 2.11. The van der Waals surface area contributed by atoms with E-state index in [-0.39, 0.29) is 12.4 Å². The summed E-state index contributed by atoms with van der Waals surface area (Å²) in [6.45, 7) is 0.647. The maximum Gasteiger partial charge on any atom is 0.160 e. The Bertz CT molecular complexity index is 752. The molecule has 21 heavy (non-hydrogen) atoms. The Labute approximate surface area is 122 Å². The number of hydrogen-bond acceptors (Lipinski definition) is 4. The standard InChI is InChI=1S/C16H17N3O2/c20-10-4-8-15-18-13-6-3-9-17-16(13)19(15)11-12-5-1-2-7-14(12)21/h1-3,5-7,9,20-21H,4,8,10-11H2. The molecule has 0 radical (unpaired) electrons. The summed E-state index contributed by atoms with van der Waals surface area (Å²) < 4.78 is 2.00. The van der Waals surface area contributed by atoms with Gasteiger partial charge in [0.15, 0.2) is 5.65 Å². The molecule has 5 heteroatoms. The maximum atomic E-state index is 9.95. The van der Waals surface area contributed by atoms with Gasteiger partial charge in [0.2, 0.25) is 0 Å². The molecule has 0 aliphatic heterocycles. The van der Waals surface area contributed by atoms with Crippen molar-refractivity contribution >= 4 is 11.2 Å². The van der Waals surface area contributed by atoms with Crippen LogP contribution in [0, 0.1) is 0 Å². The number of hydrogen-bond donors (Lipinski definition) is 2. The summed E-state index contributed by atoms with van der Waals surface area (Å²) in [4.78, 5) is 8.98. The Hall–Kier alpha value is -2.40. The second kappa shape index (κ2) is 5.93. The van der Waals surface area contributed by atoms with E-state index in [1.54, 1.807) is 18.3 Å². The lowest BCUT2D eigenvalue weighted by Crippen LogP contribution is -2.07. The average Bonchev–Trinajstić information content (AvgIpc) is 2.85. The van der Waals surface area contributed by atoms with Gasteiger partial charge in [0, 0.05) is 24.8 Å². The average molecular weight is 283 g/mol. The normalized spacial score (nSPS) is 11.1. The Morgan fingerprint density at radius 1 is 1.10 bits per heavy atom. The topological polar surface area (TPSA) is 71.2 Å². The molecular formula is C16H17N3O2. The first-order valence-electron chi connectivity index (χ1n) is 6.97. The Balaban J connectivity index is 2.04. The molecule has 0 aliphatic carbocycles. The molecule has 0 amide bonds. The summed E-state index contributed by atoms with van der Waals surface area (Å²) in [5.74, 6) is 1.14. The molecule has 3 rings (SSSR count). The van der Waals surface area contributed by atoms with E-state index in [0.29, 0.717) is 19.4 Å². The predicted molar refractivity (Wildman–Crippen MR) is 80.1 cm³/mol. The zero-order valence-electron chi connectivity index (χ0n) is 11.6. The van der Waals surface area contributed by atoms with Crippen LogP contribution in [-0.2, 0) is 13.0 Å². The van der Waals surface area contributed by atoms with Crippen LogP contribution in [-0.4, -0.2) is 31.4 Å². The molecule has 0 atom stereocenters. The van der Waals surface area contributed by atoms with Crippen molar-refractivity contribution in [1.82, 2.24) is 14.5 Å². The molecule has 0 saturated carbocycles. The quantitative estimate of drug-likeness (QED) is 0.752. The van der Waals surface area contributed by atoms with E-state index in [0.717, 1.165) is 22.6 Å². The van der Waals surface area contributed by atoms with Crippen LogP contribution in [0.15, 0.2) is 42.6 Å². The summed E-state index contributed by atoms with van der Waals surface area (Å²) in [6.07, 6.45) is 3.08. The van der Waals surface area contributed by atoms with Gasteiger partial charge in [-0.1, -0.05) is 18.2 Å². The number of aromatic nitrogens is 3. The molecule has 0 fully saturated rings. The molecule has 2 aromatic heterocycles. The Morgan fingerprint density at radius 3 is 2.76 bits per heavy atom. The Kier molecular flexibility index (Phi) is 3.83. The number of aliphatic hydroxyl groups excluding tert-OH is 1. The zero-order chi connectivity index (χ0) is 14.7. The van der Waals surface area contributed by atoms with Crippen molar-refractivity contribution in [1.29, 1.82) is 0 Å². The van der Waals surface area contributed by atoms with E-state index in [1.165, 1.54) is 0 Å². The minimum atomic E-state index is 0.132. The minimum Gasteiger partial charge on any atom is -0.508 e. The number of aryl methyl sites for hydroxylation is 1. The lowest BCUT2D eigenvalue weighted by Gasteiger charge is -2.09. The molecule has 0 unspecified atom stereocenters. The van der Waals surface area contributed by atoms with Crippen LogP contribution >= 0.6 is 0 Å². The first-order chi connectivity index (χ1) is 10.3. The van der Waals surface area contributed by atoms with Crippen LogP contribution in [0.2, 0.25) is 0 Å². The summed E-state index contributed by atoms with van der Waals surface area (Å²) in [5.41, 5.74) is 2.46. The first kappa shape index (κ1) is 13.6. The van der Waals surface area contributed by atoms with Crippen LogP contribution in [0.5, 0.6) is 5.75 Å². The third-order valence-electron chi connectivity index (χ3n) is 3.46. The monoisotopic (exact) mass is 283 g/mol. The summed E-state index contributed by atoms with van der Waals surface area (Å²) in [5, 5.41) is 19.0. The van der Waals surface area contributed by atoms with Gasteiger partial charge >= 0.3 is 0 Å². The molecule has 1 aromatic carbocycles. The van der Waals surface area contributed by atoms with E-state index < -0.39 is 0 Å². The van der Waals surface area contributed by atoms with Gasteiger partial charge in [-0.2, -0.15) is 0 Å². The maximum absolute atomic E-state index is 9.95. The number of aromatic hydroxyl groups is 1. The lowest BCUT2D eigenvalue weighted by molar-refractivity contribution is 0.287. The number of phenolic OH excluding ortho intramolecular Hbond substituents is 1. The Morgan fingerprint density at radius 2 is 1.95 bits per heavy atom. The number of aliphatic hydroxyl groups is 1. The van der Waals surface area contributed by atoms with Crippen molar-refractivity contribution in [3.8, 4) is 5.75 Å². The van der Waals surface area contributed by atoms with E-state index in [4.69, 9.17) is 5.11 Å². The van der Waals surface area contributed by atoms with Crippen LogP contribution in [0.1, 0.15) is 17.8 Å². The van der Waals surface area contributed by atoms with E-state index >= 15 is 0 Å². The molecule has 0 spiro atoms. The molecule has 0 aliphatic rings. The number of para-hydroxylation sites is 1. The molecular weight excluding hydrogens is 266 g/mol. The molecule has 5 nitrogen and oxygen atoms in total. The number of rotatable bonds is 5. The van der Waals surface area contributed by atoms with Crippen molar-refractivity contribution in [2.24, 2.45) is 0 Å². The smallest absolute Gasteiger partial charge is 0.160 e. The number of fused-ring (bicyclic) bond motifs is 1. The highest BCUT2D eigenvalue weighted by Gasteiger charge is 2.12. The fourth-order valence-electron chi connectivity index (χ4n) is 2.41. The van der Waals surface area contributed by atoms with Gasteiger partial charge < -0.3 is 14.8 Å². The van der Waals surface area contributed by atoms with Gasteiger partial charge in [0.1, 0.15) is 17.1 Å². The number of pyridine rings is 1. The van der Waals surface area contributed by atoms with Crippen LogP contribution in [0.3, 0.4) is 0 Å². The molecule has 0 bridgehead atoms. The van der Waals surface area contributed by atoms with Crippen LogP contribution in [0.25, 0.3) is 11.2 Å². The minimum absolute atomic E-state index is 0.132. The molecule has 0 saturated heterocycles. The van der Waals surface area contributed by atoms with Crippen molar-refractivity contribution in [3.63, 3.8) is 0 Å². The van der Waals surface area contributed by atoms with Gasteiger partial charge in [-0.3, -0.25) is 0 Å². The third-order valence-corrected chi connectivity index (χ3v) is 3.46. The largest absolute Gasteiger partial charge is 0.508 e. The van der Waals surface area contributed by atoms with Crippen LogP contribution in [0.4, 0.5) is 0 Å². The fraction of sp³-hybridized carbons (Fsp3) is 0.250. The second-order valence-corrected chi connectivity index (χ2v) is 4.92. The molecule has 2 N–H and O–H groups in total. The summed E-state index contributed by atoms with van der Waals surface area (Å²) in [7, 11) is 0. The number of imidazole rings is 1. The lowest BCUT2D eigenvalue weighted by atomic mass is 10.2. The van der Waals surface area contributed by atoms with Gasteiger partial charge in [0.05, 0.1) is 6.54 Å². The molecule has 3 aromatic rings. The SMILES string of the molecule is OCCCc1nc2cccnc2n1Cc1ccccc1O. The summed E-state index contributed by atoms with van der Waals surface area (Å²) >= 11 is 0. The van der Waals surface area contributed by atoms with Gasteiger partial charge in [-0.15, -0.1) is 0 Å². The van der Waals surface area contributed by atoms with Gasteiger partial charge in [0.25, 0.3) is 0 Å². The summed E-state index contributed by atoms with van der Waals surface area (Å²) in [6, 6.07) is 11.0. The number of nitrogens with zero attached hydrogens (tertiary/aromatic N) is 3. The number of benzene rings is 1. The molecule has 108 valence electrons. The highest BCUT2D eigenvalue weighted by atomic mass is 16.3. The van der Waals surface area contributed by atoms with E-state index in [2.05, 4.69) is 9.97 Å². The fourth-order valence-corrected chi connectivity index (χ4v) is 2.41. The van der Waals surface area contributed by atoms with E-state index in [9.17, 15) is 5.11 Å². The zero-order valence-corrected chi connectivity index (χ0v) is 11.6. The van der Waals surface area contributed by atoms with E-state index in [1.807, 2.05) is 28.8 Å². The highest BCUT2D eigenvalue weighted by Crippen LogP contribution is 2.21. The van der Waals surface area contributed by atoms with Gasteiger partial charge in [-0.05, 0) is 24.6 Å². The molecule has 2 heterocycles. The second-order valence-electron chi connectivity index (χ2n) is 4.92. The first-order valence-corrected chi connectivity index (χ1v) is 6.97. The van der Waals surface area contributed by atoms with Crippen molar-refractivity contribution in [3.05, 3.63) is 54.0 Å². The van der Waals surface area contributed by atoms with Crippen LogP contribution < -0.4 is 0 Å². The highest BCUT2D eigenvalue weighted by molar-refractivity contribution is 5.71. The van der Waals surface area contributed by atoms with Crippen molar-refractivity contribution in [2.45, 2.75) is 19.4 Å². The number of phenols is 1. The van der Waals surface area contributed by atoms with Crippen molar-refractivity contribution < 1.29 is 10.2 Å². The third kappa shape index (κ3) is 2.73.